The van der Waals surface area contributed by atoms with Crippen molar-refractivity contribution >= 4 is 31.6 Å². The molecule has 24 heavy (non-hydrogen) atoms. The fourth-order valence-electron chi connectivity index (χ4n) is 2.43. The number of hydrogen-bond acceptors (Lipinski definition) is 4. The monoisotopic (exact) mass is 360 g/mol. The summed E-state index contributed by atoms with van der Waals surface area (Å²) in [6.07, 6.45) is 0.586. The lowest BCUT2D eigenvalue weighted by Gasteiger charge is -2.08. The molecule has 0 atom stereocenters. The molecule has 1 heterocycles. The van der Waals surface area contributed by atoms with Crippen LogP contribution < -0.4 is 4.72 Å². The Balaban J connectivity index is 1.64. The van der Waals surface area contributed by atoms with Crippen molar-refractivity contribution in [1.82, 2.24) is 9.71 Å². The van der Waals surface area contributed by atoms with Gasteiger partial charge in [-0.2, -0.15) is 0 Å². The maximum absolute atomic E-state index is 12.3. The lowest BCUT2D eigenvalue weighted by Crippen LogP contribution is -2.26. The zero-order valence-electron chi connectivity index (χ0n) is 13.7. The van der Waals surface area contributed by atoms with Crippen molar-refractivity contribution in [2.75, 3.05) is 6.54 Å². The fraction of sp³-hybridized carbons (Fsp3) is 0.278. The van der Waals surface area contributed by atoms with Crippen LogP contribution in [0.15, 0.2) is 53.4 Å². The van der Waals surface area contributed by atoms with Gasteiger partial charge in [-0.05, 0) is 35.7 Å². The Bertz CT molecular complexity index is 896. The van der Waals surface area contributed by atoms with E-state index in [1.54, 1.807) is 23.5 Å². The number of nitrogens with zero attached hydrogens (tertiary/aromatic N) is 1. The van der Waals surface area contributed by atoms with Gasteiger partial charge in [0.15, 0.2) is 0 Å². The molecule has 1 aromatic heterocycles. The van der Waals surface area contributed by atoms with Gasteiger partial charge in [-0.15, -0.1) is 11.3 Å². The number of thiazole rings is 1. The zero-order valence-corrected chi connectivity index (χ0v) is 15.3. The second-order valence-corrected chi connectivity index (χ2v) is 8.83. The maximum Gasteiger partial charge on any atom is 0.240 e. The molecule has 126 valence electrons. The van der Waals surface area contributed by atoms with Gasteiger partial charge in [0.05, 0.1) is 20.1 Å². The first-order valence-electron chi connectivity index (χ1n) is 7.90. The second kappa shape index (κ2) is 7.01. The number of fused-ring (bicyclic) bond motifs is 1. The van der Waals surface area contributed by atoms with E-state index in [4.69, 9.17) is 0 Å². The van der Waals surface area contributed by atoms with Gasteiger partial charge >= 0.3 is 0 Å². The SMILES string of the molecule is CC(C)c1ccc(S(=O)(=O)NCCc2nc3ccccc3s2)cc1. The zero-order chi connectivity index (χ0) is 17.2. The number of para-hydroxylation sites is 1. The number of sulfonamides is 1. The topological polar surface area (TPSA) is 59.1 Å². The molecule has 2 aromatic carbocycles. The Hall–Kier alpha value is -1.76. The van der Waals surface area contributed by atoms with E-state index in [2.05, 4.69) is 23.6 Å². The van der Waals surface area contributed by atoms with E-state index in [1.807, 2.05) is 36.4 Å². The van der Waals surface area contributed by atoms with Crippen LogP contribution in [-0.2, 0) is 16.4 Å². The fourth-order valence-corrected chi connectivity index (χ4v) is 4.43. The Morgan fingerprint density at radius 2 is 1.79 bits per heavy atom. The third-order valence-corrected chi connectivity index (χ3v) is 6.40. The predicted molar refractivity (Wildman–Crippen MR) is 99.0 cm³/mol. The van der Waals surface area contributed by atoms with Gasteiger partial charge < -0.3 is 0 Å². The van der Waals surface area contributed by atoms with E-state index in [0.717, 1.165) is 20.8 Å². The molecule has 1 N–H and O–H groups in total. The highest BCUT2D eigenvalue weighted by Gasteiger charge is 2.14. The van der Waals surface area contributed by atoms with E-state index < -0.39 is 10.0 Å². The van der Waals surface area contributed by atoms with Gasteiger partial charge in [-0.3, -0.25) is 0 Å². The minimum absolute atomic E-state index is 0.302. The number of hydrogen-bond donors (Lipinski definition) is 1. The Labute approximate surface area is 146 Å². The lowest BCUT2D eigenvalue weighted by molar-refractivity contribution is 0.581. The summed E-state index contributed by atoms with van der Waals surface area (Å²) in [5.74, 6) is 0.383. The molecule has 3 aromatic rings. The van der Waals surface area contributed by atoms with Crippen LogP contribution in [0, 0.1) is 0 Å². The number of nitrogens with one attached hydrogen (secondary N) is 1. The van der Waals surface area contributed by atoms with Gasteiger partial charge in [0.25, 0.3) is 0 Å². The van der Waals surface area contributed by atoms with Crippen molar-refractivity contribution in [2.45, 2.75) is 31.1 Å². The number of aromatic nitrogens is 1. The third kappa shape index (κ3) is 3.83. The van der Waals surface area contributed by atoms with Crippen molar-refractivity contribution in [1.29, 1.82) is 0 Å². The van der Waals surface area contributed by atoms with Crippen LogP contribution in [0.4, 0.5) is 0 Å². The average Bonchev–Trinajstić information content (AvgIpc) is 2.97. The van der Waals surface area contributed by atoms with Crippen molar-refractivity contribution in [3.8, 4) is 0 Å². The summed E-state index contributed by atoms with van der Waals surface area (Å²) >= 11 is 1.60. The molecule has 0 saturated heterocycles. The highest BCUT2D eigenvalue weighted by Crippen LogP contribution is 2.22. The van der Waals surface area contributed by atoms with Gasteiger partial charge in [0.2, 0.25) is 10.0 Å². The Morgan fingerprint density at radius 3 is 2.46 bits per heavy atom. The maximum atomic E-state index is 12.3. The molecule has 0 aliphatic rings. The molecule has 6 heteroatoms. The van der Waals surface area contributed by atoms with Gasteiger partial charge in [0.1, 0.15) is 0 Å². The van der Waals surface area contributed by atoms with Crippen molar-refractivity contribution in [3.63, 3.8) is 0 Å². The smallest absolute Gasteiger partial charge is 0.240 e. The summed E-state index contributed by atoms with van der Waals surface area (Å²) < 4.78 is 28.5. The van der Waals surface area contributed by atoms with Crippen LogP contribution in [0.25, 0.3) is 10.2 Å². The van der Waals surface area contributed by atoms with Crippen LogP contribution in [0.2, 0.25) is 0 Å². The first-order valence-corrected chi connectivity index (χ1v) is 10.2. The summed E-state index contributed by atoms with van der Waals surface area (Å²) in [6, 6.07) is 15.0. The molecular weight excluding hydrogens is 340 g/mol. The lowest BCUT2D eigenvalue weighted by atomic mass is 10.0. The van der Waals surface area contributed by atoms with Crippen LogP contribution in [-0.4, -0.2) is 19.9 Å². The normalized spacial score (nSPS) is 12.1. The van der Waals surface area contributed by atoms with E-state index in [0.29, 0.717) is 23.8 Å². The molecule has 4 nitrogen and oxygen atoms in total. The standard InChI is InChI=1S/C18H20N2O2S2/c1-13(2)14-7-9-15(10-8-14)24(21,22)19-12-11-18-20-16-5-3-4-6-17(16)23-18/h3-10,13,19H,11-12H2,1-2H3. The largest absolute Gasteiger partial charge is 0.241 e. The number of rotatable bonds is 6. The van der Waals surface area contributed by atoms with E-state index in [-0.39, 0.29) is 0 Å². The molecule has 3 rings (SSSR count). The summed E-state index contributed by atoms with van der Waals surface area (Å²) in [5, 5.41) is 0.939. The van der Waals surface area contributed by atoms with Crippen LogP contribution >= 0.6 is 11.3 Å². The van der Waals surface area contributed by atoms with Crippen molar-refractivity contribution < 1.29 is 8.42 Å². The molecule has 0 aliphatic carbocycles. The summed E-state index contributed by atoms with van der Waals surface area (Å²) in [7, 11) is -3.48. The van der Waals surface area contributed by atoms with Crippen molar-refractivity contribution in [3.05, 3.63) is 59.1 Å². The van der Waals surface area contributed by atoms with Gasteiger partial charge in [-0.1, -0.05) is 38.1 Å². The number of benzene rings is 2. The Kier molecular flexibility index (Phi) is 4.99. The quantitative estimate of drug-likeness (QED) is 0.724. The molecule has 0 bridgehead atoms. The summed E-state index contributed by atoms with van der Waals surface area (Å²) in [4.78, 5) is 4.82. The molecule has 0 amide bonds. The second-order valence-electron chi connectivity index (χ2n) is 5.95. The van der Waals surface area contributed by atoms with Crippen LogP contribution in [0.1, 0.15) is 30.3 Å². The molecule has 0 unspecified atom stereocenters. The van der Waals surface area contributed by atoms with Crippen molar-refractivity contribution in [2.24, 2.45) is 0 Å². The molecule has 0 aliphatic heterocycles. The first kappa shape index (κ1) is 17.1. The van der Waals surface area contributed by atoms with Crippen LogP contribution in [0.5, 0.6) is 0 Å². The highest BCUT2D eigenvalue weighted by atomic mass is 32.2. The highest BCUT2D eigenvalue weighted by molar-refractivity contribution is 7.89. The van der Waals surface area contributed by atoms with Gasteiger partial charge in [-0.25, -0.2) is 18.1 Å². The molecule has 0 saturated carbocycles. The summed E-state index contributed by atoms with van der Waals surface area (Å²) in [5.41, 5.74) is 2.09. The van der Waals surface area contributed by atoms with E-state index >= 15 is 0 Å². The predicted octanol–water partition coefficient (Wildman–Crippen LogP) is 3.94. The molecule has 0 spiro atoms. The van der Waals surface area contributed by atoms with E-state index in [9.17, 15) is 8.42 Å². The van der Waals surface area contributed by atoms with Gasteiger partial charge in [0, 0.05) is 13.0 Å². The molecule has 0 fully saturated rings. The van der Waals surface area contributed by atoms with E-state index in [1.165, 1.54) is 0 Å². The summed E-state index contributed by atoms with van der Waals surface area (Å²) in [6.45, 7) is 4.51. The molecule has 0 radical (unpaired) electrons. The third-order valence-electron chi connectivity index (χ3n) is 3.83. The minimum Gasteiger partial charge on any atom is -0.241 e. The average molecular weight is 361 g/mol. The molecular formula is C18H20N2O2S2. The first-order chi connectivity index (χ1) is 11.5. The Morgan fingerprint density at radius 1 is 1.08 bits per heavy atom. The minimum atomic E-state index is -3.48. The van der Waals surface area contributed by atoms with Crippen LogP contribution in [0.3, 0.4) is 0 Å².